The molecular weight excluding hydrogens is 371 g/mol. The second-order valence-corrected chi connectivity index (χ2v) is 5.70. The number of benzene rings is 2. The third-order valence-electron chi connectivity index (χ3n) is 3.39. The number of aliphatic hydroxyl groups excluding tert-OH is 1. The van der Waals surface area contributed by atoms with Gasteiger partial charge in [-0.2, -0.15) is 13.2 Å². The summed E-state index contributed by atoms with van der Waals surface area (Å²) in [6.45, 7) is -0.0126. The maximum absolute atomic E-state index is 13.0. The highest BCUT2D eigenvalue weighted by Crippen LogP contribution is 2.32. The third kappa shape index (κ3) is 5.53. The normalized spacial score (nSPS) is 12.3. The molecule has 1 atom stereocenters. The van der Waals surface area contributed by atoms with Gasteiger partial charge in [0.25, 0.3) is 5.91 Å². The van der Waals surface area contributed by atoms with E-state index in [1.807, 2.05) is 0 Å². The summed E-state index contributed by atoms with van der Waals surface area (Å²) in [6, 6.07) is 11.4. The van der Waals surface area contributed by atoms with Gasteiger partial charge in [-0.25, -0.2) is 0 Å². The number of hydrogen-bond donors (Lipinski definition) is 4. The van der Waals surface area contributed by atoms with Crippen molar-refractivity contribution in [3.05, 3.63) is 59.7 Å². The Kier molecular flexibility index (Phi) is 6.70. The smallest absolute Gasteiger partial charge is 0.390 e. The summed E-state index contributed by atoms with van der Waals surface area (Å²) >= 11 is 5.50. The number of amides is 1. The third-order valence-corrected chi connectivity index (χ3v) is 3.75. The molecule has 0 aliphatic heterocycles. The molecule has 0 aliphatic carbocycles. The number of hydrogen-bond acceptors (Lipinski definition) is 4. The number of alkyl halides is 4. The SMILES string of the molecule is O=C(NNc1ccccc1)c1cc(C(F)(F)F)ccc1NCC(O)CCl. The van der Waals surface area contributed by atoms with Gasteiger partial charge in [0, 0.05) is 12.2 Å². The van der Waals surface area contributed by atoms with Crippen molar-refractivity contribution in [3.8, 4) is 0 Å². The number of aliphatic hydroxyl groups is 1. The fourth-order valence-corrected chi connectivity index (χ4v) is 2.17. The number of hydrazine groups is 1. The minimum atomic E-state index is -4.59. The van der Waals surface area contributed by atoms with Gasteiger partial charge in [0.15, 0.2) is 0 Å². The summed E-state index contributed by atoms with van der Waals surface area (Å²) in [4.78, 5) is 12.4. The Bertz CT molecular complexity index is 742. The van der Waals surface area contributed by atoms with Crippen LogP contribution in [0.4, 0.5) is 24.5 Å². The van der Waals surface area contributed by atoms with E-state index in [4.69, 9.17) is 11.6 Å². The highest BCUT2D eigenvalue weighted by atomic mass is 35.5. The van der Waals surface area contributed by atoms with E-state index in [-0.39, 0.29) is 23.7 Å². The van der Waals surface area contributed by atoms with Crippen molar-refractivity contribution < 1.29 is 23.1 Å². The highest BCUT2D eigenvalue weighted by Gasteiger charge is 2.31. The van der Waals surface area contributed by atoms with Gasteiger partial charge in [-0.05, 0) is 30.3 Å². The van der Waals surface area contributed by atoms with Gasteiger partial charge in [0.05, 0.1) is 28.8 Å². The van der Waals surface area contributed by atoms with Crippen LogP contribution < -0.4 is 16.2 Å². The van der Waals surface area contributed by atoms with Gasteiger partial charge in [0.2, 0.25) is 0 Å². The topological polar surface area (TPSA) is 73.4 Å². The summed E-state index contributed by atoms with van der Waals surface area (Å²) in [6.07, 6.45) is -5.49. The maximum atomic E-state index is 13.0. The quantitative estimate of drug-likeness (QED) is 0.433. The van der Waals surface area contributed by atoms with E-state index < -0.39 is 23.8 Å². The lowest BCUT2D eigenvalue weighted by Crippen LogP contribution is -2.31. The largest absolute Gasteiger partial charge is 0.416 e. The molecule has 4 N–H and O–H groups in total. The predicted molar refractivity (Wildman–Crippen MR) is 94.2 cm³/mol. The van der Waals surface area contributed by atoms with Crippen molar-refractivity contribution in [2.45, 2.75) is 12.3 Å². The first-order valence-corrected chi connectivity index (χ1v) is 8.15. The van der Waals surface area contributed by atoms with Crippen molar-refractivity contribution in [2.24, 2.45) is 0 Å². The van der Waals surface area contributed by atoms with Crippen LogP contribution in [-0.2, 0) is 6.18 Å². The second-order valence-electron chi connectivity index (χ2n) is 5.39. The molecule has 9 heteroatoms. The highest BCUT2D eigenvalue weighted by molar-refractivity contribution is 6.18. The lowest BCUT2D eigenvalue weighted by molar-refractivity contribution is -0.137. The molecule has 26 heavy (non-hydrogen) atoms. The minimum absolute atomic E-state index is 0.0126. The first kappa shape index (κ1) is 19.9. The maximum Gasteiger partial charge on any atom is 0.416 e. The molecule has 0 saturated carbocycles. The van der Waals surface area contributed by atoms with E-state index in [1.165, 1.54) is 0 Å². The molecule has 0 bridgehead atoms. The number of carbonyl (C=O) groups excluding carboxylic acids is 1. The second kappa shape index (κ2) is 8.77. The van der Waals surface area contributed by atoms with E-state index in [0.717, 1.165) is 18.2 Å². The van der Waals surface area contributed by atoms with Crippen LogP contribution in [-0.4, -0.2) is 29.5 Å². The van der Waals surface area contributed by atoms with Crippen molar-refractivity contribution in [2.75, 3.05) is 23.2 Å². The Morgan fingerprint density at radius 3 is 2.46 bits per heavy atom. The molecule has 1 unspecified atom stereocenters. The van der Waals surface area contributed by atoms with Gasteiger partial charge < -0.3 is 10.4 Å². The average molecular weight is 388 g/mol. The summed E-state index contributed by atoms with van der Waals surface area (Å²) in [7, 11) is 0. The number of halogens is 4. The number of para-hydroxylation sites is 1. The summed E-state index contributed by atoms with van der Waals surface area (Å²) in [5.74, 6) is -0.812. The van der Waals surface area contributed by atoms with Gasteiger partial charge in [-0.1, -0.05) is 18.2 Å². The van der Waals surface area contributed by atoms with Crippen LogP contribution >= 0.6 is 11.6 Å². The number of carbonyl (C=O) groups is 1. The van der Waals surface area contributed by atoms with Crippen LogP contribution in [0, 0.1) is 0 Å². The van der Waals surface area contributed by atoms with Crippen LogP contribution in [0.15, 0.2) is 48.5 Å². The molecule has 0 heterocycles. The number of rotatable bonds is 7. The monoisotopic (exact) mass is 387 g/mol. The summed E-state index contributed by atoms with van der Waals surface area (Å²) in [5.41, 5.74) is 4.52. The van der Waals surface area contributed by atoms with E-state index in [9.17, 15) is 23.1 Å². The Balaban J connectivity index is 2.21. The van der Waals surface area contributed by atoms with Crippen molar-refractivity contribution in [3.63, 3.8) is 0 Å². The molecule has 2 rings (SSSR count). The lowest BCUT2D eigenvalue weighted by Gasteiger charge is -2.17. The van der Waals surface area contributed by atoms with Crippen molar-refractivity contribution in [1.82, 2.24) is 5.43 Å². The Labute approximate surface area is 153 Å². The van der Waals surface area contributed by atoms with E-state index >= 15 is 0 Å². The van der Waals surface area contributed by atoms with Crippen LogP contribution in [0.2, 0.25) is 0 Å². The zero-order valence-corrected chi connectivity index (χ0v) is 14.2. The first-order chi connectivity index (χ1) is 12.3. The van der Waals surface area contributed by atoms with E-state index in [1.54, 1.807) is 30.3 Å². The molecule has 1 amide bonds. The van der Waals surface area contributed by atoms with Gasteiger partial charge >= 0.3 is 6.18 Å². The van der Waals surface area contributed by atoms with E-state index in [2.05, 4.69) is 16.2 Å². The van der Waals surface area contributed by atoms with Crippen LogP contribution in [0.3, 0.4) is 0 Å². The molecule has 0 spiro atoms. The summed E-state index contributed by atoms with van der Waals surface area (Å²) < 4.78 is 38.9. The standard InChI is InChI=1S/C17H17ClF3N3O2/c18-9-13(25)10-22-15-7-6-11(17(19,20)21)8-14(15)16(26)24-23-12-4-2-1-3-5-12/h1-8,13,22-23,25H,9-10H2,(H,24,26). The average Bonchev–Trinajstić information content (AvgIpc) is 2.64. The minimum Gasteiger partial charge on any atom is -0.390 e. The van der Waals surface area contributed by atoms with Crippen molar-refractivity contribution in [1.29, 1.82) is 0 Å². The zero-order valence-electron chi connectivity index (χ0n) is 13.5. The molecule has 0 radical (unpaired) electrons. The fraction of sp³-hybridized carbons (Fsp3) is 0.235. The summed E-state index contributed by atoms with van der Waals surface area (Å²) in [5, 5.41) is 12.2. The van der Waals surface area contributed by atoms with Gasteiger partial charge in [-0.3, -0.25) is 15.6 Å². The van der Waals surface area contributed by atoms with Crippen LogP contribution in [0.5, 0.6) is 0 Å². The van der Waals surface area contributed by atoms with Crippen LogP contribution in [0.25, 0.3) is 0 Å². The predicted octanol–water partition coefficient (Wildman–Crippen LogP) is 3.47. The zero-order chi connectivity index (χ0) is 19.2. The van der Waals surface area contributed by atoms with Gasteiger partial charge in [0.1, 0.15) is 0 Å². The first-order valence-electron chi connectivity index (χ1n) is 7.62. The molecule has 5 nitrogen and oxygen atoms in total. The van der Waals surface area contributed by atoms with Crippen molar-refractivity contribution >= 4 is 28.9 Å². The van der Waals surface area contributed by atoms with E-state index in [0.29, 0.717) is 5.69 Å². The van der Waals surface area contributed by atoms with Gasteiger partial charge in [-0.15, -0.1) is 11.6 Å². The molecule has 0 aromatic heterocycles. The Hall–Kier alpha value is -2.45. The molecule has 2 aromatic carbocycles. The molecule has 140 valence electrons. The molecule has 0 saturated heterocycles. The number of nitrogens with one attached hydrogen (secondary N) is 3. The Morgan fingerprint density at radius 1 is 1.15 bits per heavy atom. The lowest BCUT2D eigenvalue weighted by atomic mass is 10.1. The molecule has 2 aromatic rings. The van der Waals surface area contributed by atoms with Crippen LogP contribution in [0.1, 0.15) is 15.9 Å². The fourth-order valence-electron chi connectivity index (χ4n) is 2.06. The molecular formula is C17H17ClF3N3O2. The molecule has 0 fully saturated rings. The number of anilines is 2. The Morgan fingerprint density at radius 2 is 1.85 bits per heavy atom. The molecule has 0 aliphatic rings.